The molecule has 3 aliphatic rings. The lowest BCUT2D eigenvalue weighted by Crippen LogP contribution is -2.56. The van der Waals surface area contributed by atoms with Crippen LogP contribution in [0.3, 0.4) is 0 Å². The van der Waals surface area contributed by atoms with Crippen molar-refractivity contribution in [1.29, 1.82) is 0 Å². The maximum absolute atomic E-state index is 12.6. The lowest BCUT2D eigenvalue weighted by molar-refractivity contribution is -0.137. The quantitative estimate of drug-likeness (QED) is 0.684. The molecule has 1 aromatic rings. The largest absolute Gasteiger partial charge is 0.454 e. The molecule has 0 aromatic heterocycles. The molecule has 0 bridgehead atoms. The number of amides is 1. The second-order valence-electron chi connectivity index (χ2n) is 8.79. The highest BCUT2D eigenvalue weighted by Crippen LogP contribution is 2.50. The highest BCUT2D eigenvalue weighted by atomic mass is 16.7. The Morgan fingerprint density at radius 3 is 2.97 bits per heavy atom. The summed E-state index contributed by atoms with van der Waals surface area (Å²) in [5.74, 6) is 1.74. The fraction of sp³-hybridized carbons (Fsp3) is 0.696. The number of carbonyl (C=O) groups is 1. The number of carbonyl (C=O) groups excluding carboxylic acids is 1. The summed E-state index contributed by atoms with van der Waals surface area (Å²) in [4.78, 5) is 14.9. The number of aliphatic hydroxyl groups is 1. The first-order valence-corrected chi connectivity index (χ1v) is 11.2. The van der Waals surface area contributed by atoms with Gasteiger partial charge in [0.15, 0.2) is 11.5 Å². The van der Waals surface area contributed by atoms with Crippen LogP contribution in [-0.4, -0.2) is 47.9 Å². The predicted octanol–water partition coefficient (Wildman–Crippen LogP) is 3.39. The molecule has 29 heavy (non-hydrogen) atoms. The lowest BCUT2D eigenvalue weighted by Gasteiger charge is -2.52. The van der Waals surface area contributed by atoms with Gasteiger partial charge in [-0.05, 0) is 43.4 Å². The van der Waals surface area contributed by atoms with Gasteiger partial charge in [-0.2, -0.15) is 0 Å². The van der Waals surface area contributed by atoms with Crippen LogP contribution in [0.2, 0.25) is 0 Å². The van der Waals surface area contributed by atoms with Crippen LogP contribution in [0.1, 0.15) is 69.9 Å². The van der Waals surface area contributed by atoms with E-state index in [1.165, 1.54) is 0 Å². The third-order valence-electron chi connectivity index (χ3n) is 6.86. The zero-order valence-corrected chi connectivity index (χ0v) is 17.5. The van der Waals surface area contributed by atoms with Crippen LogP contribution in [-0.2, 0) is 4.79 Å². The number of unbranched alkanes of at least 4 members (excludes halogenated alkanes) is 2. The van der Waals surface area contributed by atoms with E-state index in [2.05, 4.69) is 23.2 Å². The number of hydrogen-bond acceptors (Lipinski definition) is 5. The van der Waals surface area contributed by atoms with Gasteiger partial charge < -0.3 is 19.9 Å². The molecule has 6 nitrogen and oxygen atoms in total. The molecule has 0 radical (unpaired) electrons. The van der Waals surface area contributed by atoms with Crippen molar-refractivity contribution in [3.8, 4) is 11.5 Å². The van der Waals surface area contributed by atoms with Crippen LogP contribution in [0.4, 0.5) is 0 Å². The zero-order chi connectivity index (χ0) is 20.3. The Bertz CT molecular complexity index is 725. The van der Waals surface area contributed by atoms with Gasteiger partial charge in [0.25, 0.3) is 0 Å². The van der Waals surface area contributed by atoms with E-state index in [1.807, 2.05) is 12.1 Å². The number of rotatable bonds is 7. The SMILES string of the molecule is CCCCCNC(=O)CN1CC[C@@]2(O)CCCC[C@@H]2[C@@H]1c1ccc2c(c1)OCO2. The molecule has 6 heteroatoms. The summed E-state index contributed by atoms with van der Waals surface area (Å²) in [6.45, 7) is 4.26. The molecule has 1 aromatic carbocycles. The number of nitrogens with zero attached hydrogens (tertiary/aromatic N) is 1. The fourth-order valence-electron chi connectivity index (χ4n) is 5.30. The third kappa shape index (κ3) is 4.38. The lowest BCUT2D eigenvalue weighted by atomic mass is 9.66. The number of fused-ring (bicyclic) bond motifs is 2. The molecule has 4 rings (SSSR count). The van der Waals surface area contributed by atoms with Crippen LogP contribution >= 0.6 is 0 Å². The van der Waals surface area contributed by atoms with Gasteiger partial charge in [0.05, 0.1) is 12.1 Å². The maximum Gasteiger partial charge on any atom is 0.234 e. The molecular formula is C23H34N2O4. The summed E-state index contributed by atoms with van der Waals surface area (Å²) in [6.07, 6.45) is 8.11. The Morgan fingerprint density at radius 2 is 2.10 bits per heavy atom. The topological polar surface area (TPSA) is 71.0 Å². The maximum atomic E-state index is 12.6. The molecule has 0 spiro atoms. The highest BCUT2D eigenvalue weighted by Gasteiger charge is 2.49. The Kier molecular flexibility index (Phi) is 6.30. The molecule has 2 N–H and O–H groups in total. The molecule has 160 valence electrons. The van der Waals surface area contributed by atoms with Crippen molar-refractivity contribution < 1.29 is 19.4 Å². The molecule has 2 fully saturated rings. The van der Waals surface area contributed by atoms with E-state index in [0.717, 1.165) is 81.5 Å². The van der Waals surface area contributed by atoms with Crippen LogP contribution in [0.5, 0.6) is 11.5 Å². The average Bonchev–Trinajstić information content (AvgIpc) is 3.19. The molecule has 1 amide bonds. The Balaban J connectivity index is 1.54. The molecule has 3 atom stereocenters. The van der Waals surface area contributed by atoms with Crippen LogP contribution in [0.15, 0.2) is 18.2 Å². The van der Waals surface area contributed by atoms with Crippen molar-refractivity contribution in [2.45, 2.75) is 69.9 Å². The van der Waals surface area contributed by atoms with E-state index in [0.29, 0.717) is 6.54 Å². The summed E-state index contributed by atoms with van der Waals surface area (Å²) in [5.41, 5.74) is 0.478. The molecule has 2 aliphatic heterocycles. The van der Waals surface area contributed by atoms with E-state index in [9.17, 15) is 9.90 Å². The van der Waals surface area contributed by atoms with Crippen LogP contribution in [0.25, 0.3) is 0 Å². The second kappa shape index (κ2) is 8.92. The molecule has 0 unspecified atom stereocenters. The Hall–Kier alpha value is -1.79. The first-order chi connectivity index (χ1) is 14.1. The number of benzene rings is 1. The van der Waals surface area contributed by atoms with Crippen molar-refractivity contribution in [1.82, 2.24) is 10.2 Å². The van der Waals surface area contributed by atoms with Crippen molar-refractivity contribution in [3.05, 3.63) is 23.8 Å². The minimum absolute atomic E-state index is 0.0185. The normalized spacial score (nSPS) is 28.8. The first kappa shape index (κ1) is 20.5. The highest BCUT2D eigenvalue weighted by molar-refractivity contribution is 5.78. The number of hydrogen-bond donors (Lipinski definition) is 2. The van der Waals surface area contributed by atoms with Gasteiger partial charge in [-0.25, -0.2) is 0 Å². The third-order valence-corrected chi connectivity index (χ3v) is 6.86. The molecule has 2 heterocycles. The van der Waals surface area contributed by atoms with E-state index in [-0.39, 0.29) is 24.7 Å². The standard InChI is InChI=1S/C23H34N2O4/c1-2-3-6-12-24-21(26)15-25-13-11-23(27)10-5-4-7-18(23)22(25)17-8-9-19-20(14-17)29-16-28-19/h8-9,14,18,22,27H,2-7,10-13,15-16H2,1H3,(H,24,26)/t18-,22+,23+/m1/s1. The minimum Gasteiger partial charge on any atom is -0.454 e. The van der Waals surface area contributed by atoms with Crippen LogP contribution < -0.4 is 14.8 Å². The summed E-state index contributed by atoms with van der Waals surface area (Å²) in [5, 5.41) is 14.5. The molecule has 1 saturated carbocycles. The summed E-state index contributed by atoms with van der Waals surface area (Å²) >= 11 is 0. The minimum atomic E-state index is -0.632. The number of nitrogens with one attached hydrogen (secondary N) is 1. The van der Waals surface area contributed by atoms with E-state index < -0.39 is 5.60 Å². The van der Waals surface area contributed by atoms with Gasteiger partial charge in [-0.3, -0.25) is 9.69 Å². The molecule has 1 aliphatic carbocycles. The molecule has 1 saturated heterocycles. The Labute approximate surface area is 173 Å². The van der Waals surface area contributed by atoms with Gasteiger partial charge in [0.2, 0.25) is 12.7 Å². The van der Waals surface area contributed by atoms with Gasteiger partial charge in [0.1, 0.15) is 0 Å². The van der Waals surface area contributed by atoms with Crippen molar-refractivity contribution in [3.63, 3.8) is 0 Å². The number of ether oxygens (including phenoxy) is 2. The Morgan fingerprint density at radius 1 is 1.24 bits per heavy atom. The zero-order valence-electron chi connectivity index (χ0n) is 17.5. The fourth-order valence-corrected chi connectivity index (χ4v) is 5.30. The average molecular weight is 403 g/mol. The van der Waals surface area contributed by atoms with E-state index in [4.69, 9.17) is 9.47 Å². The summed E-state index contributed by atoms with van der Waals surface area (Å²) < 4.78 is 11.1. The monoisotopic (exact) mass is 402 g/mol. The van der Waals surface area contributed by atoms with Gasteiger partial charge >= 0.3 is 0 Å². The van der Waals surface area contributed by atoms with Crippen molar-refractivity contribution in [2.75, 3.05) is 26.4 Å². The van der Waals surface area contributed by atoms with Crippen LogP contribution in [0, 0.1) is 5.92 Å². The molecular weight excluding hydrogens is 368 g/mol. The van der Waals surface area contributed by atoms with Crippen molar-refractivity contribution in [2.24, 2.45) is 5.92 Å². The smallest absolute Gasteiger partial charge is 0.234 e. The summed E-state index contributed by atoms with van der Waals surface area (Å²) in [7, 11) is 0. The first-order valence-electron chi connectivity index (χ1n) is 11.2. The van der Waals surface area contributed by atoms with E-state index >= 15 is 0 Å². The van der Waals surface area contributed by atoms with Gasteiger partial charge in [-0.1, -0.05) is 38.7 Å². The summed E-state index contributed by atoms with van der Waals surface area (Å²) in [6, 6.07) is 6.09. The van der Waals surface area contributed by atoms with E-state index in [1.54, 1.807) is 0 Å². The predicted molar refractivity (Wildman–Crippen MR) is 111 cm³/mol. The second-order valence-corrected chi connectivity index (χ2v) is 8.79. The number of piperidine rings is 1. The van der Waals surface area contributed by atoms with Gasteiger partial charge in [-0.15, -0.1) is 0 Å². The number of likely N-dealkylation sites (tertiary alicyclic amines) is 1. The van der Waals surface area contributed by atoms with Crippen molar-refractivity contribution >= 4 is 5.91 Å². The van der Waals surface area contributed by atoms with Gasteiger partial charge in [0, 0.05) is 25.0 Å².